The average Bonchev–Trinajstić information content (AvgIpc) is 2.68. The molecule has 1 heterocycles. The first-order valence-electron chi connectivity index (χ1n) is 8.84. The van der Waals surface area contributed by atoms with Crippen molar-refractivity contribution >= 4 is 52.5 Å². The zero-order valence-electron chi connectivity index (χ0n) is 16.1. The molecule has 0 atom stereocenters. The van der Waals surface area contributed by atoms with Crippen molar-refractivity contribution in [3.05, 3.63) is 58.1 Å². The minimum atomic E-state index is -0.589. The Balaban J connectivity index is 2.06. The van der Waals surface area contributed by atoms with E-state index in [9.17, 15) is 9.59 Å². The number of nitrogens with one attached hydrogen (secondary N) is 1. The zero-order valence-corrected chi connectivity index (χ0v) is 17.7. The van der Waals surface area contributed by atoms with Crippen LogP contribution in [0.2, 0.25) is 5.02 Å². The molecule has 0 radical (unpaired) electrons. The van der Waals surface area contributed by atoms with Gasteiger partial charge in [-0.25, -0.2) is 0 Å². The van der Waals surface area contributed by atoms with Gasteiger partial charge in [-0.15, -0.1) is 0 Å². The topological polar surface area (TPSA) is 67.9 Å². The third-order valence-corrected chi connectivity index (χ3v) is 4.95. The smallest absolute Gasteiger partial charge is 0.270 e. The highest BCUT2D eigenvalue weighted by molar-refractivity contribution is 7.80. The Morgan fingerprint density at radius 2 is 1.93 bits per heavy atom. The average molecular weight is 431 g/mol. The summed E-state index contributed by atoms with van der Waals surface area (Å²) in [5, 5.41) is 2.91. The van der Waals surface area contributed by atoms with Crippen LogP contribution in [0, 0.1) is 6.92 Å². The van der Waals surface area contributed by atoms with E-state index in [2.05, 4.69) is 5.32 Å². The molecule has 2 amide bonds. The van der Waals surface area contributed by atoms with E-state index in [0.29, 0.717) is 34.4 Å². The molecule has 3 rings (SSSR count). The number of methoxy groups -OCH3 is 1. The Bertz CT molecular complexity index is 1040. The van der Waals surface area contributed by atoms with Crippen LogP contribution in [0.15, 0.2) is 42.0 Å². The van der Waals surface area contributed by atoms with Gasteiger partial charge < -0.3 is 9.47 Å². The van der Waals surface area contributed by atoms with Gasteiger partial charge in [0, 0.05) is 6.07 Å². The van der Waals surface area contributed by atoms with Gasteiger partial charge >= 0.3 is 0 Å². The number of thiocarbonyl (C=S) groups is 1. The van der Waals surface area contributed by atoms with Crippen molar-refractivity contribution in [3.8, 4) is 11.5 Å². The molecule has 0 aromatic heterocycles. The molecular weight excluding hydrogens is 412 g/mol. The van der Waals surface area contributed by atoms with Gasteiger partial charge in [-0.3, -0.25) is 19.8 Å². The van der Waals surface area contributed by atoms with E-state index in [-0.39, 0.29) is 10.7 Å². The van der Waals surface area contributed by atoms with Crippen molar-refractivity contribution in [1.29, 1.82) is 0 Å². The summed E-state index contributed by atoms with van der Waals surface area (Å²) in [4.78, 5) is 27.0. The fourth-order valence-corrected chi connectivity index (χ4v) is 3.42. The maximum absolute atomic E-state index is 13.1. The third-order valence-electron chi connectivity index (χ3n) is 4.34. The van der Waals surface area contributed by atoms with Crippen LogP contribution in [0.3, 0.4) is 0 Å². The van der Waals surface area contributed by atoms with E-state index >= 15 is 0 Å². The monoisotopic (exact) mass is 430 g/mol. The minimum Gasteiger partial charge on any atom is -0.493 e. The molecule has 1 fully saturated rings. The number of hydrogen-bond donors (Lipinski definition) is 1. The van der Waals surface area contributed by atoms with E-state index in [0.717, 1.165) is 5.56 Å². The van der Waals surface area contributed by atoms with Crippen molar-refractivity contribution < 1.29 is 19.1 Å². The number of aryl methyl sites for hydroxylation is 1. The summed E-state index contributed by atoms with van der Waals surface area (Å²) < 4.78 is 10.8. The number of carbonyl (C=O) groups is 2. The number of anilines is 1. The second-order valence-corrected chi connectivity index (χ2v) is 7.00. The molecule has 6 nitrogen and oxygen atoms in total. The summed E-state index contributed by atoms with van der Waals surface area (Å²) in [6, 6.07) is 10.5. The molecular formula is C21H19ClN2O4S. The van der Waals surface area contributed by atoms with Crippen LogP contribution >= 0.6 is 23.8 Å². The number of rotatable bonds is 5. The van der Waals surface area contributed by atoms with Crippen molar-refractivity contribution in [2.45, 2.75) is 13.8 Å². The summed E-state index contributed by atoms with van der Waals surface area (Å²) in [6.07, 6.45) is 1.42. The van der Waals surface area contributed by atoms with Crippen LogP contribution in [-0.2, 0) is 9.59 Å². The molecule has 0 spiro atoms. The van der Waals surface area contributed by atoms with Crippen LogP contribution < -0.4 is 19.7 Å². The molecule has 150 valence electrons. The Labute approximate surface area is 179 Å². The normalized spacial score (nSPS) is 15.5. The highest BCUT2D eigenvalue weighted by atomic mass is 35.5. The van der Waals surface area contributed by atoms with Gasteiger partial charge in [0.25, 0.3) is 11.8 Å². The molecule has 1 N–H and O–H groups in total. The molecule has 0 aliphatic carbocycles. The predicted molar refractivity (Wildman–Crippen MR) is 117 cm³/mol. The van der Waals surface area contributed by atoms with E-state index in [1.165, 1.54) is 18.1 Å². The lowest BCUT2D eigenvalue weighted by molar-refractivity contribution is -0.122. The lowest BCUT2D eigenvalue weighted by atomic mass is 10.1. The van der Waals surface area contributed by atoms with Crippen LogP contribution in [-0.4, -0.2) is 30.6 Å². The summed E-state index contributed by atoms with van der Waals surface area (Å²) in [5.41, 5.74) is 1.81. The van der Waals surface area contributed by atoms with E-state index in [1.54, 1.807) is 24.3 Å². The fourth-order valence-electron chi connectivity index (χ4n) is 2.94. The molecule has 0 saturated carbocycles. The van der Waals surface area contributed by atoms with E-state index in [1.807, 2.05) is 26.0 Å². The molecule has 1 aliphatic heterocycles. The fraction of sp³-hybridized carbons (Fsp3) is 0.190. The van der Waals surface area contributed by atoms with Crippen molar-refractivity contribution in [1.82, 2.24) is 5.32 Å². The number of carbonyl (C=O) groups excluding carboxylic acids is 2. The molecule has 1 aliphatic rings. The third kappa shape index (κ3) is 4.11. The van der Waals surface area contributed by atoms with E-state index in [4.69, 9.17) is 33.3 Å². The van der Waals surface area contributed by atoms with Crippen LogP contribution in [0.1, 0.15) is 18.1 Å². The quantitative estimate of drug-likeness (QED) is 0.443. The highest BCUT2D eigenvalue weighted by Gasteiger charge is 2.35. The second kappa shape index (κ2) is 8.63. The Morgan fingerprint density at radius 3 is 2.59 bits per heavy atom. The first-order chi connectivity index (χ1) is 13.9. The lowest BCUT2D eigenvalue weighted by Crippen LogP contribution is -2.54. The number of amides is 2. The van der Waals surface area contributed by atoms with Crippen molar-refractivity contribution in [3.63, 3.8) is 0 Å². The number of benzene rings is 2. The first-order valence-corrected chi connectivity index (χ1v) is 9.63. The van der Waals surface area contributed by atoms with Gasteiger partial charge in [-0.2, -0.15) is 0 Å². The number of para-hydroxylation sites is 1. The first kappa shape index (κ1) is 20.8. The number of halogens is 1. The molecule has 1 saturated heterocycles. The van der Waals surface area contributed by atoms with Crippen LogP contribution in [0.4, 0.5) is 5.69 Å². The lowest BCUT2D eigenvalue weighted by Gasteiger charge is -2.30. The van der Waals surface area contributed by atoms with Gasteiger partial charge in [0.05, 0.1) is 24.4 Å². The van der Waals surface area contributed by atoms with E-state index < -0.39 is 11.8 Å². The molecule has 8 heteroatoms. The minimum absolute atomic E-state index is 0.0295. The van der Waals surface area contributed by atoms with Gasteiger partial charge in [0.1, 0.15) is 5.57 Å². The molecule has 0 bridgehead atoms. The van der Waals surface area contributed by atoms with Crippen LogP contribution in [0.5, 0.6) is 11.5 Å². The predicted octanol–water partition coefficient (Wildman–Crippen LogP) is 3.89. The standard InChI is InChI=1S/C21H19ClN2O4S/c1-4-28-18-11-15(22)13(10-17(18)27-3)9-14-19(25)23-21(29)24(20(14)26)16-8-6-5-7-12(16)2/h5-11H,4H2,1-3H3,(H,23,25,29)/b14-9+. The van der Waals surface area contributed by atoms with Gasteiger partial charge in [0.15, 0.2) is 16.6 Å². The molecule has 2 aromatic rings. The summed E-state index contributed by atoms with van der Waals surface area (Å²) in [6.45, 7) is 4.15. The van der Waals surface area contributed by atoms with Crippen molar-refractivity contribution in [2.75, 3.05) is 18.6 Å². The van der Waals surface area contributed by atoms with Gasteiger partial charge in [0.2, 0.25) is 0 Å². The van der Waals surface area contributed by atoms with Crippen molar-refractivity contribution in [2.24, 2.45) is 0 Å². The van der Waals surface area contributed by atoms with Gasteiger partial charge in [-0.05, 0) is 55.4 Å². The number of ether oxygens (including phenoxy) is 2. The number of nitrogens with zero attached hydrogens (tertiary/aromatic N) is 1. The molecule has 0 unspecified atom stereocenters. The zero-order chi connectivity index (χ0) is 21.1. The van der Waals surface area contributed by atoms with Gasteiger partial charge in [-0.1, -0.05) is 29.8 Å². The Hall–Kier alpha value is -2.90. The maximum Gasteiger partial charge on any atom is 0.270 e. The number of hydrogen-bond acceptors (Lipinski definition) is 5. The SMILES string of the molecule is CCOc1cc(Cl)c(/C=C2\C(=O)NC(=S)N(c3ccccc3C)C2=O)cc1OC. The Morgan fingerprint density at radius 1 is 1.21 bits per heavy atom. The second-order valence-electron chi connectivity index (χ2n) is 6.20. The van der Waals surface area contributed by atoms with Crippen LogP contribution in [0.25, 0.3) is 6.08 Å². The Kier molecular flexibility index (Phi) is 6.20. The molecule has 29 heavy (non-hydrogen) atoms. The molecule has 2 aromatic carbocycles. The maximum atomic E-state index is 13.1. The largest absolute Gasteiger partial charge is 0.493 e. The summed E-state index contributed by atoms with van der Waals surface area (Å²) >= 11 is 11.6. The summed E-state index contributed by atoms with van der Waals surface area (Å²) in [7, 11) is 1.50. The highest BCUT2D eigenvalue weighted by Crippen LogP contribution is 2.35. The summed E-state index contributed by atoms with van der Waals surface area (Å²) in [5.74, 6) is -0.201.